The fourth-order valence-electron chi connectivity index (χ4n) is 3.07. The molecule has 0 aliphatic rings. The maximum absolute atomic E-state index is 15.4. The summed E-state index contributed by atoms with van der Waals surface area (Å²) < 4.78 is 25.9. The van der Waals surface area contributed by atoms with E-state index in [1.165, 1.54) is 5.38 Å². The van der Waals surface area contributed by atoms with Crippen molar-refractivity contribution < 1.29 is 18.3 Å². The van der Waals surface area contributed by atoms with E-state index in [1.54, 1.807) is 38.1 Å². The number of hydrogen-bond acceptors (Lipinski definition) is 7. The molecule has 6 nitrogen and oxygen atoms in total. The summed E-state index contributed by atoms with van der Waals surface area (Å²) in [6.45, 7) is 3.61. The number of thiazole rings is 1. The summed E-state index contributed by atoms with van der Waals surface area (Å²) in [5.41, 5.74) is 1.78. The summed E-state index contributed by atoms with van der Waals surface area (Å²) in [5.74, 6) is -1.11. The standard InChI is InChI=1S/C21H14FN3O3S/c1-3-27-21(26)14-10-29-20(24-14)19-25-17-13(9-23)11(2)15(16(22)18(17)28-19)12-7-5-4-6-8-12/h4-8,10H,3H2,1-2H3. The summed E-state index contributed by atoms with van der Waals surface area (Å²) in [7, 11) is 0. The van der Waals surface area contributed by atoms with Gasteiger partial charge in [0.05, 0.1) is 12.2 Å². The number of benzene rings is 2. The molecule has 2 heterocycles. The number of nitriles is 1. The molecule has 0 fully saturated rings. The number of oxazole rings is 1. The zero-order valence-electron chi connectivity index (χ0n) is 15.5. The van der Waals surface area contributed by atoms with Gasteiger partial charge in [-0.25, -0.2) is 19.2 Å². The number of hydrogen-bond donors (Lipinski definition) is 0. The highest BCUT2D eigenvalue weighted by Gasteiger charge is 2.25. The average molecular weight is 407 g/mol. The predicted octanol–water partition coefficient (Wildman–Crippen LogP) is 5.11. The number of aromatic nitrogens is 2. The summed E-state index contributed by atoms with van der Waals surface area (Å²) >= 11 is 1.12. The highest BCUT2D eigenvalue weighted by molar-refractivity contribution is 7.13. The monoisotopic (exact) mass is 407 g/mol. The van der Waals surface area contributed by atoms with Gasteiger partial charge in [0.2, 0.25) is 0 Å². The van der Waals surface area contributed by atoms with E-state index in [2.05, 4.69) is 16.0 Å². The Kier molecular flexibility index (Phi) is 4.82. The predicted molar refractivity (Wildman–Crippen MR) is 106 cm³/mol. The molecular formula is C21H14FN3O3S. The molecular weight excluding hydrogens is 393 g/mol. The van der Waals surface area contributed by atoms with E-state index < -0.39 is 11.8 Å². The zero-order valence-corrected chi connectivity index (χ0v) is 16.3. The molecule has 0 atom stereocenters. The lowest BCUT2D eigenvalue weighted by atomic mass is 9.95. The van der Waals surface area contributed by atoms with E-state index in [0.717, 1.165) is 11.3 Å². The molecule has 2 aromatic carbocycles. The maximum atomic E-state index is 15.4. The molecule has 0 saturated carbocycles. The minimum atomic E-state index is -0.594. The lowest BCUT2D eigenvalue weighted by molar-refractivity contribution is 0.0520. The molecule has 0 radical (unpaired) electrons. The molecule has 0 bridgehead atoms. The minimum absolute atomic E-state index is 0.0422. The quantitative estimate of drug-likeness (QED) is 0.437. The van der Waals surface area contributed by atoms with Crippen LogP contribution >= 0.6 is 11.3 Å². The van der Waals surface area contributed by atoms with E-state index in [4.69, 9.17) is 9.15 Å². The Morgan fingerprint density at radius 3 is 2.76 bits per heavy atom. The summed E-state index contributed by atoms with van der Waals surface area (Å²) in [6.07, 6.45) is 0. The normalized spacial score (nSPS) is 10.8. The molecule has 29 heavy (non-hydrogen) atoms. The molecule has 0 unspecified atom stereocenters. The third-order valence-electron chi connectivity index (χ3n) is 4.38. The molecule has 8 heteroatoms. The number of rotatable bonds is 4. The number of halogens is 1. The second kappa shape index (κ2) is 7.45. The highest BCUT2D eigenvalue weighted by atomic mass is 32.1. The molecule has 4 aromatic rings. The van der Waals surface area contributed by atoms with Gasteiger partial charge in [-0.2, -0.15) is 5.26 Å². The van der Waals surface area contributed by atoms with Crippen molar-refractivity contribution in [3.8, 4) is 28.1 Å². The number of ether oxygens (including phenoxy) is 1. The molecule has 0 amide bonds. The van der Waals surface area contributed by atoms with Gasteiger partial charge in [-0.05, 0) is 25.0 Å². The van der Waals surface area contributed by atoms with Crippen LogP contribution in [0.15, 0.2) is 40.1 Å². The molecule has 0 aliphatic carbocycles. The lowest BCUT2D eigenvalue weighted by Gasteiger charge is -2.09. The van der Waals surface area contributed by atoms with Gasteiger partial charge in [0, 0.05) is 10.9 Å². The van der Waals surface area contributed by atoms with Crippen LogP contribution < -0.4 is 0 Å². The van der Waals surface area contributed by atoms with E-state index in [1.807, 2.05) is 6.07 Å². The van der Waals surface area contributed by atoms with Crippen LogP contribution in [0.4, 0.5) is 4.39 Å². The maximum Gasteiger partial charge on any atom is 0.357 e. The first kappa shape index (κ1) is 18.8. The average Bonchev–Trinajstić information content (AvgIpc) is 3.37. The number of carbonyl (C=O) groups excluding carboxylic acids is 1. The largest absolute Gasteiger partial charge is 0.461 e. The fraction of sp³-hybridized carbons (Fsp3) is 0.143. The van der Waals surface area contributed by atoms with Crippen molar-refractivity contribution in [2.24, 2.45) is 0 Å². The fourth-order valence-corrected chi connectivity index (χ4v) is 3.78. The van der Waals surface area contributed by atoms with Gasteiger partial charge in [-0.3, -0.25) is 0 Å². The van der Waals surface area contributed by atoms with Gasteiger partial charge >= 0.3 is 5.97 Å². The van der Waals surface area contributed by atoms with Crippen molar-refractivity contribution >= 4 is 28.4 Å². The molecule has 0 saturated heterocycles. The molecule has 144 valence electrons. The molecule has 0 aliphatic heterocycles. The van der Waals surface area contributed by atoms with Crippen LogP contribution in [0.2, 0.25) is 0 Å². The van der Waals surface area contributed by atoms with Crippen LogP contribution in [0.1, 0.15) is 28.5 Å². The van der Waals surface area contributed by atoms with Crippen molar-refractivity contribution in [2.75, 3.05) is 6.61 Å². The first-order valence-electron chi connectivity index (χ1n) is 8.76. The first-order chi connectivity index (χ1) is 14.0. The lowest BCUT2D eigenvalue weighted by Crippen LogP contribution is -2.04. The summed E-state index contributed by atoms with van der Waals surface area (Å²) in [6, 6.07) is 11.1. The van der Waals surface area contributed by atoms with Crippen molar-refractivity contribution in [1.82, 2.24) is 9.97 Å². The Morgan fingerprint density at radius 2 is 2.07 bits per heavy atom. The van der Waals surface area contributed by atoms with Gasteiger partial charge in [0.15, 0.2) is 22.1 Å². The SMILES string of the molecule is CCOC(=O)c1csc(-c2nc3c(C#N)c(C)c(-c4ccccc4)c(F)c3o2)n1. The Balaban J connectivity index is 1.90. The van der Waals surface area contributed by atoms with E-state index >= 15 is 4.39 Å². The third kappa shape index (κ3) is 3.15. The highest BCUT2D eigenvalue weighted by Crippen LogP contribution is 2.37. The second-order valence-electron chi connectivity index (χ2n) is 6.12. The summed E-state index contributed by atoms with van der Waals surface area (Å²) in [4.78, 5) is 20.3. The van der Waals surface area contributed by atoms with Crippen molar-refractivity contribution in [2.45, 2.75) is 13.8 Å². The van der Waals surface area contributed by atoms with Crippen molar-refractivity contribution in [1.29, 1.82) is 5.26 Å². The van der Waals surface area contributed by atoms with Crippen LogP contribution in [0, 0.1) is 24.1 Å². The third-order valence-corrected chi connectivity index (χ3v) is 5.21. The van der Waals surface area contributed by atoms with E-state index in [-0.39, 0.29) is 34.9 Å². The molecule has 0 N–H and O–H groups in total. The van der Waals surface area contributed by atoms with E-state index in [0.29, 0.717) is 21.7 Å². The second-order valence-corrected chi connectivity index (χ2v) is 6.98. The van der Waals surface area contributed by atoms with Crippen LogP contribution in [-0.2, 0) is 4.74 Å². The van der Waals surface area contributed by atoms with Gasteiger partial charge in [0.25, 0.3) is 5.89 Å². The number of nitrogens with zero attached hydrogens (tertiary/aromatic N) is 3. The van der Waals surface area contributed by atoms with Crippen molar-refractivity contribution in [3.63, 3.8) is 0 Å². The van der Waals surface area contributed by atoms with Crippen LogP contribution in [0.5, 0.6) is 0 Å². The van der Waals surface area contributed by atoms with Crippen LogP contribution in [0.3, 0.4) is 0 Å². The Bertz CT molecular complexity index is 1270. The topological polar surface area (TPSA) is 89.0 Å². The molecule has 2 aromatic heterocycles. The Labute approximate surface area is 169 Å². The van der Waals surface area contributed by atoms with Crippen molar-refractivity contribution in [3.05, 3.63) is 58.3 Å². The Morgan fingerprint density at radius 1 is 1.31 bits per heavy atom. The number of fused-ring (bicyclic) bond motifs is 1. The first-order valence-corrected chi connectivity index (χ1v) is 9.64. The van der Waals surface area contributed by atoms with Crippen LogP contribution in [-0.4, -0.2) is 22.5 Å². The number of esters is 1. The molecule has 4 rings (SSSR count). The summed E-state index contributed by atoms with van der Waals surface area (Å²) in [5, 5.41) is 11.5. The van der Waals surface area contributed by atoms with Gasteiger partial charge in [-0.15, -0.1) is 11.3 Å². The van der Waals surface area contributed by atoms with Gasteiger partial charge in [0.1, 0.15) is 11.6 Å². The van der Waals surface area contributed by atoms with Gasteiger partial charge in [-0.1, -0.05) is 30.3 Å². The zero-order chi connectivity index (χ0) is 20.5. The number of carbonyl (C=O) groups is 1. The smallest absolute Gasteiger partial charge is 0.357 e. The molecule has 0 spiro atoms. The van der Waals surface area contributed by atoms with E-state index in [9.17, 15) is 10.1 Å². The van der Waals surface area contributed by atoms with Crippen LogP contribution in [0.25, 0.3) is 33.1 Å². The minimum Gasteiger partial charge on any atom is -0.461 e. The van der Waals surface area contributed by atoms with Gasteiger partial charge < -0.3 is 9.15 Å². The Hall–Kier alpha value is -3.57.